The molecule has 20 heavy (non-hydrogen) atoms. The molecule has 0 spiro atoms. The first-order valence-electron chi connectivity index (χ1n) is 6.77. The molecule has 0 saturated heterocycles. The summed E-state index contributed by atoms with van der Waals surface area (Å²) in [4.78, 5) is 7.46. The third-order valence-electron chi connectivity index (χ3n) is 4.19. The number of benzene rings is 1. The summed E-state index contributed by atoms with van der Waals surface area (Å²) in [6, 6.07) is 6.31. The Hall–Kier alpha value is -2.27. The average molecular weight is 268 g/mol. The van der Waals surface area contributed by atoms with Crippen molar-refractivity contribution in [3.8, 4) is 0 Å². The van der Waals surface area contributed by atoms with Crippen molar-refractivity contribution in [2.45, 2.75) is 26.0 Å². The van der Waals surface area contributed by atoms with Crippen LogP contribution in [0.5, 0.6) is 0 Å². The summed E-state index contributed by atoms with van der Waals surface area (Å²) in [5.41, 5.74) is 12.2. The van der Waals surface area contributed by atoms with Gasteiger partial charge in [-0.1, -0.05) is 18.2 Å². The van der Waals surface area contributed by atoms with Crippen molar-refractivity contribution in [1.29, 1.82) is 0 Å². The number of guanidine groups is 1. The van der Waals surface area contributed by atoms with Gasteiger partial charge >= 0.3 is 0 Å². The maximum absolute atomic E-state index is 10.1. The molecule has 0 fully saturated rings. The van der Waals surface area contributed by atoms with Crippen LogP contribution in [0.3, 0.4) is 0 Å². The van der Waals surface area contributed by atoms with E-state index in [9.17, 15) is 5.11 Å². The highest BCUT2D eigenvalue weighted by Crippen LogP contribution is 2.37. The molecule has 5 nitrogen and oxygen atoms in total. The Bertz CT molecular complexity index is 785. The van der Waals surface area contributed by atoms with Gasteiger partial charge in [0.1, 0.15) is 0 Å². The van der Waals surface area contributed by atoms with Crippen molar-refractivity contribution in [3.63, 3.8) is 0 Å². The molecule has 5 heteroatoms. The molecule has 5 N–H and O–H groups in total. The largest absolute Gasteiger partial charge is 0.370 e. The Morgan fingerprint density at radius 3 is 3.05 bits per heavy atom. The number of aromatic amines is 1. The molecule has 1 aliphatic heterocycles. The van der Waals surface area contributed by atoms with Crippen LogP contribution in [-0.4, -0.2) is 22.3 Å². The summed E-state index contributed by atoms with van der Waals surface area (Å²) in [5.74, 6) is 0.263. The highest BCUT2D eigenvalue weighted by Gasteiger charge is 2.29. The summed E-state index contributed by atoms with van der Waals surface area (Å²) in [7, 11) is 0. The first-order chi connectivity index (χ1) is 9.65. The van der Waals surface area contributed by atoms with E-state index in [0.29, 0.717) is 0 Å². The molecule has 1 aromatic carbocycles. The van der Waals surface area contributed by atoms with Gasteiger partial charge in [-0.3, -0.25) is 0 Å². The Morgan fingerprint density at radius 2 is 2.20 bits per heavy atom. The van der Waals surface area contributed by atoms with E-state index in [1.165, 1.54) is 16.5 Å². The van der Waals surface area contributed by atoms with Gasteiger partial charge in [-0.05, 0) is 30.9 Å². The third kappa shape index (κ3) is 1.44. The smallest absolute Gasteiger partial charge is 0.196 e. The number of aliphatic imine (C=N–C) groups is 1. The van der Waals surface area contributed by atoms with Crippen molar-refractivity contribution in [1.82, 2.24) is 10.3 Å². The average Bonchev–Trinajstić information content (AvgIpc) is 2.79. The zero-order chi connectivity index (χ0) is 13.9. The van der Waals surface area contributed by atoms with Gasteiger partial charge in [0, 0.05) is 16.5 Å². The summed E-state index contributed by atoms with van der Waals surface area (Å²) >= 11 is 0. The number of para-hydroxylation sites is 1. The van der Waals surface area contributed by atoms with E-state index < -0.39 is 6.23 Å². The topological polar surface area (TPSA) is 86.4 Å². The van der Waals surface area contributed by atoms with Crippen LogP contribution in [0.4, 0.5) is 0 Å². The fraction of sp³-hybridized carbons (Fsp3) is 0.267. The second kappa shape index (κ2) is 3.86. The number of aliphatic hydroxyl groups is 1. The van der Waals surface area contributed by atoms with E-state index in [1.807, 2.05) is 0 Å². The number of hydrogen-bond donors (Lipinski definition) is 4. The van der Waals surface area contributed by atoms with Crippen LogP contribution in [0.1, 0.15) is 23.2 Å². The Morgan fingerprint density at radius 1 is 1.35 bits per heavy atom. The molecule has 0 amide bonds. The molecule has 0 bridgehead atoms. The number of rotatable bonds is 0. The number of nitrogens with one attached hydrogen (secondary N) is 2. The van der Waals surface area contributed by atoms with Crippen LogP contribution in [0.25, 0.3) is 16.6 Å². The van der Waals surface area contributed by atoms with Crippen molar-refractivity contribution in [3.05, 3.63) is 40.6 Å². The fourth-order valence-electron chi connectivity index (χ4n) is 3.21. The van der Waals surface area contributed by atoms with Gasteiger partial charge in [0.2, 0.25) is 0 Å². The molecule has 0 radical (unpaired) electrons. The van der Waals surface area contributed by atoms with E-state index in [4.69, 9.17) is 5.73 Å². The van der Waals surface area contributed by atoms with Gasteiger partial charge < -0.3 is 21.1 Å². The molecule has 2 heterocycles. The van der Waals surface area contributed by atoms with Gasteiger partial charge in [-0.2, -0.15) is 0 Å². The summed E-state index contributed by atoms with van der Waals surface area (Å²) in [5, 5.41) is 14.4. The molecule has 4 rings (SSSR count). The highest BCUT2D eigenvalue weighted by atomic mass is 16.3. The normalized spacial score (nSPS) is 21.3. The molecule has 1 aliphatic carbocycles. The first kappa shape index (κ1) is 11.5. The number of fused-ring (bicyclic) bond motifs is 4. The lowest BCUT2D eigenvalue weighted by Gasteiger charge is -2.27. The van der Waals surface area contributed by atoms with E-state index in [0.717, 1.165) is 35.3 Å². The summed E-state index contributed by atoms with van der Waals surface area (Å²) < 4.78 is 0. The monoisotopic (exact) mass is 268 g/mol. The van der Waals surface area contributed by atoms with Crippen molar-refractivity contribution in [2.24, 2.45) is 10.7 Å². The van der Waals surface area contributed by atoms with Gasteiger partial charge in [-0.15, -0.1) is 0 Å². The number of aliphatic hydroxyl groups excluding tert-OH is 1. The highest BCUT2D eigenvalue weighted by molar-refractivity contribution is 5.97. The maximum Gasteiger partial charge on any atom is 0.196 e. The van der Waals surface area contributed by atoms with E-state index >= 15 is 0 Å². The minimum absolute atomic E-state index is 0.263. The molecular weight excluding hydrogens is 252 g/mol. The van der Waals surface area contributed by atoms with Gasteiger partial charge in [0.25, 0.3) is 0 Å². The molecule has 2 aromatic rings. The van der Waals surface area contributed by atoms with Crippen LogP contribution >= 0.6 is 0 Å². The Kier molecular flexibility index (Phi) is 2.23. The van der Waals surface area contributed by atoms with Crippen LogP contribution < -0.4 is 11.1 Å². The quantitative estimate of drug-likeness (QED) is 0.582. The number of aryl methyl sites for hydroxylation is 2. The molecule has 102 valence electrons. The number of aromatic nitrogens is 1. The minimum atomic E-state index is -0.827. The van der Waals surface area contributed by atoms with E-state index in [2.05, 4.69) is 40.4 Å². The molecular formula is C15H16N4O. The second-order valence-corrected chi connectivity index (χ2v) is 5.39. The fourth-order valence-corrected chi connectivity index (χ4v) is 3.21. The third-order valence-corrected chi connectivity index (χ3v) is 4.19. The molecule has 1 atom stereocenters. The second-order valence-electron chi connectivity index (χ2n) is 5.39. The molecule has 1 aromatic heterocycles. The zero-order valence-electron chi connectivity index (χ0n) is 11.2. The number of hydrogen-bond acceptors (Lipinski definition) is 4. The SMILES string of the molecule is Cc1cccc2c3c([nH]c12)C1=C(CC3)C(O)N=C(N)N1. The minimum Gasteiger partial charge on any atom is -0.370 e. The predicted molar refractivity (Wildman–Crippen MR) is 79.0 cm³/mol. The molecule has 0 saturated carbocycles. The zero-order valence-corrected chi connectivity index (χ0v) is 11.2. The predicted octanol–water partition coefficient (Wildman–Crippen LogP) is 1.37. The number of nitrogens with two attached hydrogens (primary N) is 1. The van der Waals surface area contributed by atoms with Gasteiger partial charge in [0.05, 0.1) is 11.4 Å². The first-order valence-corrected chi connectivity index (χ1v) is 6.77. The lowest BCUT2D eigenvalue weighted by Crippen LogP contribution is -2.39. The van der Waals surface area contributed by atoms with Crippen LogP contribution in [0.15, 0.2) is 28.8 Å². The van der Waals surface area contributed by atoms with Gasteiger partial charge in [-0.25, -0.2) is 4.99 Å². The molecule has 2 aliphatic rings. The standard InChI is InChI=1S/C15H16N4O/c1-7-3-2-4-8-9-5-6-10-13(12(9)17-11(7)8)18-15(16)19-14(10)20/h2-4,14,17,20H,5-6H2,1H3,(H3,16,18,19). The molecule has 1 unspecified atom stereocenters. The van der Waals surface area contributed by atoms with Crippen LogP contribution in [-0.2, 0) is 6.42 Å². The lowest BCUT2D eigenvalue weighted by molar-refractivity contribution is 0.214. The Labute approximate surface area is 116 Å². The lowest BCUT2D eigenvalue weighted by atomic mass is 9.91. The van der Waals surface area contributed by atoms with E-state index in [1.54, 1.807) is 0 Å². The summed E-state index contributed by atoms with van der Waals surface area (Å²) in [6.07, 6.45) is 0.881. The van der Waals surface area contributed by atoms with Crippen molar-refractivity contribution >= 4 is 22.6 Å². The maximum atomic E-state index is 10.1. The van der Waals surface area contributed by atoms with Crippen LogP contribution in [0.2, 0.25) is 0 Å². The number of nitrogens with zero attached hydrogens (tertiary/aromatic N) is 1. The van der Waals surface area contributed by atoms with Gasteiger partial charge in [0.15, 0.2) is 12.2 Å². The van der Waals surface area contributed by atoms with E-state index in [-0.39, 0.29) is 5.96 Å². The number of H-pyrrole nitrogens is 1. The van der Waals surface area contributed by atoms with Crippen molar-refractivity contribution in [2.75, 3.05) is 0 Å². The Balaban J connectivity index is 1.98. The summed E-state index contributed by atoms with van der Waals surface area (Å²) in [6.45, 7) is 2.10. The van der Waals surface area contributed by atoms with Crippen LogP contribution in [0, 0.1) is 6.92 Å². The van der Waals surface area contributed by atoms with Crippen molar-refractivity contribution < 1.29 is 5.11 Å².